The first kappa shape index (κ1) is 17.5. The monoisotopic (exact) mass is 312 g/mol. The number of rotatable bonds is 6. The third-order valence-electron chi connectivity index (χ3n) is 3.18. The number of benzene rings is 1. The van der Waals surface area contributed by atoms with E-state index in [9.17, 15) is 13.2 Å². The smallest absolute Gasteiger partial charge is 0.251 e. The van der Waals surface area contributed by atoms with E-state index in [1.54, 1.807) is 24.3 Å². The van der Waals surface area contributed by atoms with Gasteiger partial charge in [0.05, 0.1) is 6.26 Å². The maximum atomic E-state index is 12.2. The van der Waals surface area contributed by atoms with Crippen LogP contribution in [0.5, 0.6) is 0 Å². The van der Waals surface area contributed by atoms with Crippen molar-refractivity contribution in [3.63, 3.8) is 0 Å². The quantitative estimate of drug-likeness (QED) is 0.847. The zero-order valence-corrected chi connectivity index (χ0v) is 14.0. The Morgan fingerprint density at radius 3 is 1.86 bits per heavy atom. The maximum Gasteiger partial charge on any atom is 0.251 e. The molecule has 0 aliphatic rings. The van der Waals surface area contributed by atoms with Crippen LogP contribution in [0.25, 0.3) is 0 Å². The largest absolute Gasteiger partial charge is 0.349 e. The minimum absolute atomic E-state index is 0.103. The normalized spacial score (nSPS) is 12.0. The van der Waals surface area contributed by atoms with E-state index in [1.165, 1.54) is 0 Å². The molecule has 118 valence electrons. The summed E-state index contributed by atoms with van der Waals surface area (Å²) in [6.07, 6.45) is 1.09. The van der Waals surface area contributed by atoms with Gasteiger partial charge in [-0.1, -0.05) is 27.7 Å². The lowest BCUT2D eigenvalue weighted by atomic mass is 9.93. The molecule has 1 amide bonds. The van der Waals surface area contributed by atoms with E-state index in [4.69, 9.17) is 0 Å². The number of hydrogen-bond donors (Lipinski definition) is 2. The summed E-state index contributed by atoms with van der Waals surface area (Å²) in [6, 6.07) is 6.48. The van der Waals surface area contributed by atoms with Crippen LogP contribution in [0.15, 0.2) is 24.3 Å². The summed E-state index contributed by atoms with van der Waals surface area (Å²) in [6.45, 7) is 8.29. The molecule has 0 fully saturated rings. The first-order valence-corrected chi connectivity index (χ1v) is 8.88. The second kappa shape index (κ2) is 6.93. The van der Waals surface area contributed by atoms with Crippen LogP contribution in [-0.2, 0) is 10.0 Å². The van der Waals surface area contributed by atoms with E-state index in [0.29, 0.717) is 23.1 Å². The van der Waals surface area contributed by atoms with Crippen molar-refractivity contribution in [2.75, 3.05) is 11.0 Å². The Labute approximate surface area is 127 Å². The zero-order valence-electron chi connectivity index (χ0n) is 13.2. The van der Waals surface area contributed by atoms with Crippen LogP contribution in [0.3, 0.4) is 0 Å². The fourth-order valence-corrected chi connectivity index (χ4v) is 2.81. The molecule has 1 aromatic carbocycles. The number of carbonyl (C=O) groups is 1. The van der Waals surface area contributed by atoms with E-state index < -0.39 is 10.0 Å². The zero-order chi connectivity index (χ0) is 16.2. The van der Waals surface area contributed by atoms with Crippen LogP contribution in [0.4, 0.5) is 5.69 Å². The summed E-state index contributed by atoms with van der Waals surface area (Å²) in [4.78, 5) is 12.2. The first-order valence-electron chi connectivity index (χ1n) is 6.99. The summed E-state index contributed by atoms with van der Waals surface area (Å²) in [5.41, 5.74) is 0.957. The minimum Gasteiger partial charge on any atom is -0.349 e. The third-order valence-corrected chi connectivity index (χ3v) is 3.79. The molecule has 1 rings (SSSR count). The van der Waals surface area contributed by atoms with Gasteiger partial charge in [-0.2, -0.15) is 0 Å². The molecule has 2 N–H and O–H groups in total. The Bertz CT molecular complexity index is 569. The van der Waals surface area contributed by atoms with Crippen LogP contribution in [-0.4, -0.2) is 26.6 Å². The van der Waals surface area contributed by atoms with Crippen molar-refractivity contribution in [3.05, 3.63) is 29.8 Å². The molecule has 1 aromatic rings. The molecule has 0 unspecified atom stereocenters. The van der Waals surface area contributed by atoms with Gasteiger partial charge in [-0.05, 0) is 36.1 Å². The minimum atomic E-state index is -3.30. The number of carbonyl (C=O) groups excluding carboxylic acids is 1. The SMILES string of the molecule is CC(C)C(NC(=O)c1ccc(NS(C)(=O)=O)cc1)C(C)C. The molecule has 0 aliphatic heterocycles. The molecule has 0 spiro atoms. The maximum absolute atomic E-state index is 12.2. The molecular formula is C15H24N2O3S. The highest BCUT2D eigenvalue weighted by Crippen LogP contribution is 2.14. The molecule has 0 aromatic heterocycles. The second-order valence-corrected chi connectivity index (χ2v) is 7.69. The number of amides is 1. The second-order valence-electron chi connectivity index (χ2n) is 5.94. The fraction of sp³-hybridized carbons (Fsp3) is 0.533. The average Bonchev–Trinajstić information content (AvgIpc) is 2.33. The van der Waals surface area contributed by atoms with Crippen molar-refractivity contribution in [3.8, 4) is 0 Å². The van der Waals surface area contributed by atoms with E-state index in [1.807, 2.05) is 0 Å². The molecule has 0 atom stereocenters. The molecule has 0 saturated carbocycles. The predicted molar refractivity (Wildman–Crippen MR) is 85.8 cm³/mol. The molecule has 0 aliphatic carbocycles. The van der Waals surface area contributed by atoms with Crippen LogP contribution < -0.4 is 10.0 Å². The Morgan fingerprint density at radius 1 is 1.00 bits per heavy atom. The molecule has 0 radical (unpaired) electrons. The van der Waals surface area contributed by atoms with Gasteiger partial charge in [-0.25, -0.2) is 8.42 Å². The summed E-state index contributed by atoms with van der Waals surface area (Å²) in [5, 5.41) is 3.02. The molecule has 0 heterocycles. The van der Waals surface area contributed by atoms with Crippen molar-refractivity contribution < 1.29 is 13.2 Å². The molecular weight excluding hydrogens is 288 g/mol. The summed E-state index contributed by atoms with van der Waals surface area (Å²) >= 11 is 0. The van der Waals surface area contributed by atoms with Gasteiger partial charge in [0.2, 0.25) is 10.0 Å². The standard InChI is InChI=1S/C15H24N2O3S/c1-10(2)14(11(3)4)16-15(18)12-6-8-13(9-7-12)17-21(5,19)20/h6-11,14,17H,1-5H3,(H,16,18). The fourth-order valence-electron chi connectivity index (χ4n) is 2.24. The van der Waals surface area contributed by atoms with E-state index in [2.05, 4.69) is 37.7 Å². The van der Waals surface area contributed by atoms with E-state index >= 15 is 0 Å². The van der Waals surface area contributed by atoms with Crippen molar-refractivity contribution in [2.45, 2.75) is 33.7 Å². The highest BCUT2D eigenvalue weighted by Gasteiger charge is 2.20. The lowest BCUT2D eigenvalue weighted by Gasteiger charge is -2.26. The van der Waals surface area contributed by atoms with Crippen LogP contribution in [0.1, 0.15) is 38.1 Å². The average molecular weight is 312 g/mol. The number of nitrogens with one attached hydrogen (secondary N) is 2. The Balaban J connectivity index is 2.80. The summed E-state index contributed by atoms with van der Waals surface area (Å²) in [5.74, 6) is 0.550. The van der Waals surface area contributed by atoms with Gasteiger partial charge >= 0.3 is 0 Å². The van der Waals surface area contributed by atoms with Gasteiger partial charge in [-0.15, -0.1) is 0 Å². The van der Waals surface area contributed by atoms with Crippen molar-refractivity contribution >= 4 is 21.6 Å². The van der Waals surface area contributed by atoms with Crippen molar-refractivity contribution in [1.29, 1.82) is 0 Å². The summed E-state index contributed by atoms with van der Waals surface area (Å²) < 4.78 is 24.6. The van der Waals surface area contributed by atoms with Crippen LogP contribution in [0.2, 0.25) is 0 Å². The van der Waals surface area contributed by atoms with Gasteiger partial charge in [0, 0.05) is 17.3 Å². The lowest BCUT2D eigenvalue weighted by Crippen LogP contribution is -2.42. The number of anilines is 1. The van der Waals surface area contributed by atoms with Crippen LogP contribution in [0, 0.1) is 11.8 Å². The molecule has 6 heteroatoms. The van der Waals surface area contributed by atoms with E-state index in [0.717, 1.165) is 6.26 Å². The Morgan fingerprint density at radius 2 is 1.48 bits per heavy atom. The van der Waals surface area contributed by atoms with Crippen LogP contribution >= 0.6 is 0 Å². The van der Waals surface area contributed by atoms with Crippen molar-refractivity contribution in [2.24, 2.45) is 11.8 Å². The highest BCUT2D eigenvalue weighted by molar-refractivity contribution is 7.92. The topological polar surface area (TPSA) is 75.3 Å². The molecule has 5 nitrogen and oxygen atoms in total. The number of sulfonamides is 1. The van der Waals surface area contributed by atoms with Gasteiger partial charge in [-0.3, -0.25) is 9.52 Å². The van der Waals surface area contributed by atoms with Crippen molar-refractivity contribution in [1.82, 2.24) is 5.32 Å². The highest BCUT2D eigenvalue weighted by atomic mass is 32.2. The molecule has 21 heavy (non-hydrogen) atoms. The summed E-state index contributed by atoms with van der Waals surface area (Å²) in [7, 11) is -3.30. The predicted octanol–water partition coefficient (Wildman–Crippen LogP) is 2.47. The van der Waals surface area contributed by atoms with Gasteiger partial charge in [0.25, 0.3) is 5.91 Å². The van der Waals surface area contributed by atoms with Gasteiger partial charge in [0.1, 0.15) is 0 Å². The Hall–Kier alpha value is -1.56. The lowest BCUT2D eigenvalue weighted by molar-refractivity contribution is 0.0910. The first-order chi connectivity index (χ1) is 9.60. The molecule has 0 bridgehead atoms. The molecule has 0 saturated heterocycles. The Kier molecular flexibility index (Phi) is 5.78. The van der Waals surface area contributed by atoms with Gasteiger partial charge < -0.3 is 5.32 Å². The van der Waals surface area contributed by atoms with Gasteiger partial charge in [0.15, 0.2) is 0 Å². The third kappa shape index (κ3) is 5.75. The number of hydrogen-bond acceptors (Lipinski definition) is 3. The van der Waals surface area contributed by atoms with E-state index in [-0.39, 0.29) is 11.9 Å².